The lowest BCUT2D eigenvalue weighted by atomic mass is 9.87. The van der Waals surface area contributed by atoms with Crippen molar-refractivity contribution in [2.45, 2.75) is 32.2 Å². The molecule has 1 aliphatic rings. The summed E-state index contributed by atoms with van der Waals surface area (Å²) in [4.78, 5) is 12.0. The van der Waals surface area contributed by atoms with Crippen LogP contribution in [-0.4, -0.2) is 15.7 Å². The van der Waals surface area contributed by atoms with E-state index >= 15 is 0 Å². The van der Waals surface area contributed by atoms with E-state index in [9.17, 15) is 4.79 Å². The van der Waals surface area contributed by atoms with E-state index in [1.807, 2.05) is 30.8 Å². The smallest absolute Gasteiger partial charge is 0.226 e. The number of rotatable bonds is 2. The second-order valence-electron chi connectivity index (χ2n) is 5.46. The van der Waals surface area contributed by atoms with E-state index in [0.717, 1.165) is 16.9 Å². The summed E-state index contributed by atoms with van der Waals surface area (Å²) in [5.74, 6) is 0.643. The van der Waals surface area contributed by atoms with Crippen molar-refractivity contribution in [3.63, 3.8) is 0 Å². The second-order valence-corrected chi connectivity index (χ2v) is 6.30. The minimum atomic E-state index is -0.0917. The number of halogens is 2. The van der Waals surface area contributed by atoms with Crippen molar-refractivity contribution in [1.29, 1.82) is 0 Å². The van der Waals surface area contributed by atoms with E-state index in [-0.39, 0.29) is 17.9 Å². The first-order chi connectivity index (χ1) is 9.97. The van der Waals surface area contributed by atoms with Crippen molar-refractivity contribution in [1.82, 2.24) is 9.78 Å². The Hall–Kier alpha value is -1.52. The molecule has 1 aromatic carbocycles. The highest BCUT2D eigenvalue weighted by Crippen LogP contribution is 2.40. The highest BCUT2D eigenvalue weighted by molar-refractivity contribution is 6.35. The van der Waals surface area contributed by atoms with Gasteiger partial charge in [0.15, 0.2) is 0 Å². The van der Waals surface area contributed by atoms with Gasteiger partial charge in [0, 0.05) is 34.0 Å². The molecular formula is C15H15Cl2N3O. The van der Waals surface area contributed by atoms with Crippen LogP contribution in [0.15, 0.2) is 24.4 Å². The summed E-state index contributed by atoms with van der Waals surface area (Å²) < 4.78 is 1.82. The number of carbonyl (C=O) groups is 1. The van der Waals surface area contributed by atoms with Crippen LogP contribution in [0.1, 0.15) is 43.4 Å². The topological polar surface area (TPSA) is 46.9 Å². The van der Waals surface area contributed by atoms with Gasteiger partial charge in [-0.05, 0) is 31.5 Å². The molecule has 0 fully saturated rings. The fourth-order valence-electron chi connectivity index (χ4n) is 2.69. The van der Waals surface area contributed by atoms with Gasteiger partial charge < -0.3 is 5.32 Å². The molecule has 1 atom stereocenters. The molecule has 1 aliphatic heterocycles. The third-order valence-electron chi connectivity index (χ3n) is 3.67. The highest BCUT2D eigenvalue weighted by atomic mass is 35.5. The molecule has 2 aromatic rings. The zero-order chi connectivity index (χ0) is 15.1. The van der Waals surface area contributed by atoms with Crippen LogP contribution in [0.3, 0.4) is 0 Å². The Morgan fingerprint density at radius 2 is 2.10 bits per heavy atom. The van der Waals surface area contributed by atoms with E-state index in [1.165, 1.54) is 0 Å². The number of hydrogen-bond donors (Lipinski definition) is 1. The second kappa shape index (κ2) is 5.35. The SMILES string of the molecule is CC(C)n1ncc2c1NC(=O)C[C@H]2c1ccc(Cl)cc1Cl. The van der Waals surface area contributed by atoms with Crippen LogP contribution in [0.2, 0.25) is 10.0 Å². The summed E-state index contributed by atoms with van der Waals surface area (Å²) in [7, 11) is 0. The molecule has 4 nitrogen and oxygen atoms in total. The molecule has 0 saturated heterocycles. The average molecular weight is 324 g/mol. The predicted molar refractivity (Wildman–Crippen MR) is 84.2 cm³/mol. The summed E-state index contributed by atoms with van der Waals surface area (Å²) in [6, 6.07) is 5.55. The van der Waals surface area contributed by atoms with Gasteiger partial charge in [-0.1, -0.05) is 29.3 Å². The van der Waals surface area contributed by atoms with Crippen molar-refractivity contribution >= 4 is 34.9 Å². The molecule has 2 heterocycles. The molecule has 110 valence electrons. The zero-order valence-corrected chi connectivity index (χ0v) is 13.2. The number of carbonyl (C=O) groups excluding carboxylic acids is 1. The maximum absolute atomic E-state index is 12.0. The lowest BCUT2D eigenvalue weighted by molar-refractivity contribution is -0.116. The van der Waals surface area contributed by atoms with E-state index in [0.29, 0.717) is 16.5 Å². The molecule has 6 heteroatoms. The molecule has 0 unspecified atom stereocenters. The van der Waals surface area contributed by atoms with Gasteiger partial charge in [-0.3, -0.25) is 4.79 Å². The van der Waals surface area contributed by atoms with Crippen molar-refractivity contribution < 1.29 is 4.79 Å². The lowest BCUT2D eigenvalue weighted by Crippen LogP contribution is -2.25. The van der Waals surface area contributed by atoms with Crippen molar-refractivity contribution in [2.24, 2.45) is 0 Å². The van der Waals surface area contributed by atoms with E-state index < -0.39 is 0 Å². The first-order valence-electron chi connectivity index (χ1n) is 6.79. The van der Waals surface area contributed by atoms with Crippen LogP contribution in [0.25, 0.3) is 0 Å². The highest BCUT2D eigenvalue weighted by Gasteiger charge is 2.31. The van der Waals surface area contributed by atoms with Gasteiger partial charge in [-0.15, -0.1) is 0 Å². The van der Waals surface area contributed by atoms with E-state index in [1.54, 1.807) is 12.1 Å². The number of nitrogens with zero attached hydrogens (tertiary/aromatic N) is 2. The Bertz CT molecular complexity index is 709. The summed E-state index contributed by atoms with van der Waals surface area (Å²) in [5.41, 5.74) is 1.90. The van der Waals surface area contributed by atoms with Crippen molar-refractivity contribution in [3.8, 4) is 0 Å². The Morgan fingerprint density at radius 3 is 2.76 bits per heavy atom. The molecule has 0 aliphatic carbocycles. The Kier molecular flexibility index (Phi) is 3.68. The van der Waals surface area contributed by atoms with Crippen LogP contribution in [0, 0.1) is 0 Å². The Labute approximate surface area is 133 Å². The summed E-state index contributed by atoms with van der Waals surface area (Å²) in [5, 5.41) is 8.46. The Balaban J connectivity index is 2.11. The third kappa shape index (κ3) is 2.54. The number of fused-ring (bicyclic) bond motifs is 1. The molecule has 1 amide bonds. The molecule has 3 rings (SSSR count). The predicted octanol–water partition coefficient (Wildman–Crippen LogP) is 4.24. The van der Waals surface area contributed by atoms with E-state index in [4.69, 9.17) is 23.2 Å². The molecule has 0 spiro atoms. The molecule has 0 bridgehead atoms. The zero-order valence-electron chi connectivity index (χ0n) is 11.7. The molecule has 0 saturated carbocycles. The maximum atomic E-state index is 12.0. The average Bonchev–Trinajstić information content (AvgIpc) is 2.81. The van der Waals surface area contributed by atoms with Gasteiger partial charge in [-0.25, -0.2) is 4.68 Å². The van der Waals surface area contributed by atoms with Crippen LogP contribution < -0.4 is 5.32 Å². The van der Waals surface area contributed by atoms with E-state index in [2.05, 4.69) is 10.4 Å². The van der Waals surface area contributed by atoms with Gasteiger partial charge in [-0.2, -0.15) is 5.10 Å². The molecule has 1 aromatic heterocycles. The van der Waals surface area contributed by atoms with Gasteiger partial charge in [0.1, 0.15) is 5.82 Å². The fourth-order valence-corrected chi connectivity index (χ4v) is 3.23. The minimum absolute atomic E-state index is 0.0269. The third-order valence-corrected chi connectivity index (χ3v) is 4.24. The normalized spacial score (nSPS) is 17.8. The maximum Gasteiger partial charge on any atom is 0.226 e. The summed E-state index contributed by atoms with van der Waals surface area (Å²) >= 11 is 12.3. The van der Waals surface area contributed by atoms with Crippen LogP contribution >= 0.6 is 23.2 Å². The monoisotopic (exact) mass is 323 g/mol. The number of anilines is 1. The number of benzene rings is 1. The Morgan fingerprint density at radius 1 is 1.33 bits per heavy atom. The lowest BCUT2D eigenvalue weighted by Gasteiger charge is -2.25. The van der Waals surface area contributed by atoms with Crippen LogP contribution in [-0.2, 0) is 4.79 Å². The summed E-state index contributed by atoms with van der Waals surface area (Å²) in [6.45, 7) is 4.05. The van der Waals surface area contributed by atoms with Gasteiger partial charge in [0.25, 0.3) is 0 Å². The first-order valence-corrected chi connectivity index (χ1v) is 7.55. The van der Waals surface area contributed by atoms with Crippen LogP contribution in [0.5, 0.6) is 0 Å². The van der Waals surface area contributed by atoms with Gasteiger partial charge in [0.2, 0.25) is 5.91 Å². The molecule has 0 radical (unpaired) electrons. The molecule has 21 heavy (non-hydrogen) atoms. The van der Waals surface area contributed by atoms with Gasteiger partial charge in [0.05, 0.1) is 6.20 Å². The van der Waals surface area contributed by atoms with Crippen molar-refractivity contribution in [3.05, 3.63) is 45.6 Å². The molecule has 1 N–H and O–H groups in total. The first kappa shape index (κ1) is 14.4. The van der Waals surface area contributed by atoms with Gasteiger partial charge >= 0.3 is 0 Å². The largest absolute Gasteiger partial charge is 0.311 e. The number of amides is 1. The molecular weight excluding hydrogens is 309 g/mol. The summed E-state index contributed by atoms with van der Waals surface area (Å²) in [6.07, 6.45) is 2.17. The number of aromatic nitrogens is 2. The number of hydrogen-bond acceptors (Lipinski definition) is 2. The number of nitrogens with one attached hydrogen (secondary N) is 1. The van der Waals surface area contributed by atoms with Crippen molar-refractivity contribution in [2.75, 3.05) is 5.32 Å². The standard InChI is InChI=1S/C15H15Cl2N3O/c1-8(2)20-15-12(7-18-20)11(6-14(21)19-15)10-4-3-9(16)5-13(10)17/h3-5,7-8,11H,6H2,1-2H3,(H,19,21)/t11-/m0/s1. The fraction of sp³-hybridized carbons (Fsp3) is 0.333. The quantitative estimate of drug-likeness (QED) is 0.898. The van der Waals surface area contributed by atoms with Crippen LogP contribution in [0.4, 0.5) is 5.82 Å². The minimum Gasteiger partial charge on any atom is -0.311 e.